The molecule has 35 heavy (non-hydrogen) atoms. The van der Waals surface area contributed by atoms with E-state index >= 15 is 0 Å². The molecule has 0 bridgehead atoms. The van der Waals surface area contributed by atoms with Crippen molar-refractivity contribution in [2.24, 2.45) is 0 Å². The number of aryl methyl sites for hydroxylation is 1. The molecular weight excluding hydrogens is 440 g/mol. The van der Waals surface area contributed by atoms with Crippen LogP contribution >= 0.6 is 0 Å². The highest BCUT2D eigenvalue weighted by Crippen LogP contribution is 2.32. The van der Waals surface area contributed by atoms with Crippen LogP contribution in [-0.2, 0) is 11.3 Å². The average molecular weight is 473 g/mol. The van der Waals surface area contributed by atoms with Gasteiger partial charge in [0.2, 0.25) is 5.91 Å². The summed E-state index contributed by atoms with van der Waals surface area (Å²) in [5, 5.41) is 13.2. The molecule has 8 nitrogen and oxygen atoms in total. The van der Waals surface area contributed by atoms with E-state index in [1.807, 2.05) is 42.5 Å². The number of carbonyl (C=O) groups excluding carboxylic acids is 1. The second kappa shape index (κ2) is 11.5. The van der Waals surface area contributed by atoms with Crippen molar-refractivity contribution in [1.29, 1.82) is 0 Å². The summed E-state index contributed by atoms with van der Waals surface area (Å²) >= 11 is 0. The lowest BCUT2D eigenvalue weighted by Crippen LogP contribution is -2.17. The molecule has 4 rings (SSSR count). The Morgan fingerprint density at radius 1 is 1.03 bits per heavy atom. The topological polar surface area (TPSA) is 118 Å². The first kappa shape index (κ1) is 24.2. The lowest BCUT2D eigenvalue weighted by molar-refractivity contribution is -0.129. The summed E-state index contributed by atoms with van der Waals surface area (Å²) in [6, 6.07) is 20.4. The number of nitrogen functional groups attached to an aromatic ring is 1. The van der Waals surface area contributed by atoms with E-state index in [2.05, 4.69) is 45.0 Å². The first-order chi connectivity index (χ1) is 17.1. The molecule has 0 saturated carbocycles. The molecule has 5 N–H and O–H groups in total. The number of hydrogen-bond acceptors (Lipinski definition) is 6. The van der Waals surface area contributed by atoms with Gasteiger partial charge < -0.3 is 15.6 Å². The Labute approximate surface area is 205 Å². The number of nitrogens with two attached hydrogens (primary N) is 1. The van der Waals surface area contributed by atoms with E-state index in [1.54, 1.807) is 11.8 Å². The Balaban J connectivity index is 1.59. The van der Waals surface area contributed by atoms with E-state index in [-0.39, 0.29) is 11.9 Å². The number of anilines is 2. The summed E-state index contributed by atoms with van der Waals surface area (Å²) in [5.74, 6) is 0.463. The SMILES string of the molecule is C[C@@H](Nc1ncnc2c1cc(-c1ccc(N)cc1)n2CCCCCCC(=O)NO)c1ccccc1. The van der Waals surface area contributed by atoms with Gasteiger partial charge in [-0.3, -0.25) is 10.0 Å². The lowest BCUT2D eigenvalue weighted by atomic mass is 10.1. The van der Waals surface area contributed by atoms with Gasteiger partial charge in [0, 0.05) is 24.7 Å². The van der Waals surface area contributed by atoms with E-state index in [9.17, 15) is 4.79 Å². The summed E-state index contributed by atoms with van der Waals surface area (Å²) in [6.45, 7) is 2.91. The number of fused-ring (bicyclic) bond motifs is 1. The number of unbranched alkanes of at least 4 members (excludes halogenated alkanes) is 3. The maximum atomic E-state index is 11.2. The van der Waals surface area contributed by atoms with Gasteiger partial charge in [-0.1, -0.05) is 55.3 Å². The van der Waals surface area contributed by atoms with Crippen LogP contribution in [0.5, 0.6) is 0 Å². The maximum absolute atomic E-state index is 11.2. The molecule has 0 aliphatic heterocycles. The molecule has 0 aliphatic rings. The molecular formula is C27H32N6O2. The predicted molar refractivity (Wildman–Crippen MR) is 139 cm³/mol. The Bertz CT molecular complexity index is 1250. The molecule has 0 saturated heterocycles. The Hall–Kier alpha value is -3.91. The fourth-order valence-corrected chi connectivity index (χ4v) is 4.29. The minimum absolute atomic E-state index is 0.0914. The van der Waals surface area contributed by atoms with Gasteiger partial charge in [0.25, 0.3) is 0 Å². The highest BCUT2D eigenvalue weighted by molar-refractivity contribution is 5.92. The number of rotatable bonds is 11. The Morgan fingerprint density at radius 3 is 2.51 bits per heavy atom. The van der Waals surface area contributed by atoms with Gasteiger partial charge in [-0.15, -0.1) is 0 Å². The van der Waals surface area contributed by atoms with E-state index < -0.39 is 0 Å². The smallest absolute Gasteiger partial charge is 0.243 e. The van der Waals surface area contributed by atoms with Crippen molar-refractivity contribution >= 4 is 28.4 Å². The largest absolute Gasteiger partial charge is 0.399 e. The second-order valence-corrected chi connectivity index (χ2v) is 8.74. The average Bonchev–Trinajstić information content (AvgIpc) is 3.26. The summed E-state index contributed by atoms with van der Waals surface area (Å²) in [4.78, 5) is 20.4. The summed E-state index contributed by atoms with van der Waals surface area (Å²) in [7, 11) is 0. The molecule has 0 spiro atoms. The second-order valence-electron chi connectivity index (χ2n) is 8.74. The molecule has 8 heteroatoms. The minimum Gasteiger partial charge on any atom is -0.399 e. The molecule has 4 aromatic rings. The maximum Gasteiger partial charge on any atom is 0.243 e. The van der Waals surface area contributed by atoms with Gasteiger partial charge in [-0.2, -0.15) is 0 Å². The molecule has 1 amide bonds. The Kier molecular flexibility index (Phi) is 7.95. The van der Waals surface area contributed by atoms with Crippen LogP contribution in [0, 0.1) is 0 Å². The predicted octanol–water partition coefficient (Wildman–Crippen LogP) is 5.31. The Morgan fingerprint density at radius 2 is 1.77 bits per heavy atom. The molecule has 1 atom stereocenters. The normalized spacial score (nSPS) is 11.9. The summed E-state index contributed by atoms with van der Waals surface area (Å²) < 4.78 is 2.24. The van der Waals surface area contributed by atoms with Gasteiger partial charge in [0.05, 0.1) is 11.1 Å². The zero-order valence-corrected chi connectivity index (χ0v) is 19.9. The van der Waals surface area contributed by atoms with Crippen molar-refractivity contribution in [3.05, 3.63) is 72.6 Å². The fraction of sp³-hybridized carbons (Fsp3) is 0.296. The van der Waals surface area contributed by atoms with Crippen molar-refractivity contribution in [2.45, 2.75) is 51.6 Å². The van der Waals surface area contributed by atoms with Crippen LogP contribution in [0.4, 0.5) is 11.5 Å². The number of hydroxylamine groups is 1. The monoisotopic (exact) mass is 472 g/mol. The van der Waals surface area contributed by atoms with Crippen LogP contribution in [-0.4, -0.2) is 25.6 Å². The number of amides is 1. The number of hydrogen-bond donors (Lipinski definition) is 4. The number of nitrogens with one attached hydrogen (secondary N) is 2. The molecule has 0 radical (unpaired) electrons. The van der Waals surface area contributed by atoms with Gasteiger partial charge in [-0.25, -0.2) is 15.4 Å². The first-order valence-electron chi connectivity index (χ1n) is 12.0. The highest BCUT2D eigenvalue weighted by atomic mass is 16.5. The van der Waals surface area contributed by atoms with E-state index in [4.69, 9.17) is 10.9 Å². The number of aromatic nitrogens is 3. The highest BCUT2D eigenvalue weighted by Gasteiger charge is 2.17. The van der Waals surface area contributed by atoms with Crippen molar-refractivity contribution in [2.75, 3.05) is 11.1 Å². The number of benzene rings is 2. The first-order valence-corrected chi connectivity index (χ1v) is 12.0. The molecule has 0 unspecified atom stereocenters. The third-order valence-corrected chi connectivity index (χ3v) is 6.21. The number of nitrogens with zero attached hydrogens (tertiary/aromatic N) is 3. The molecule has 182 valence electrons. The van der Waals surface area contributed by atoms with Crippen LogP contribution in [0.15, 0.2) is 67.0 Å². The van der Waals surface area contributed by atoms with E-state index in [0.29, 0.717) is 6.42 Å². The number of carbonyl (C=O) groups is 1. The van der Waals surface area contributed by atoms with Crippen LogP contribution in [0.25, 0.3) is 22.3 Å². The van der Waals surface area contributed by atoms with Crippen LogP contribution < -0.4 is 16.5 Å². The lowest BCUT2D eigenvalue weighted by Gasteiger charge is -2.15. The van der Waals surface area contributed by atoms with Crippen molar-refractivity contribution < 1.29 is 10.0 Å². The van der Waals surface area contributed by atoms with Crippen LogP contribution in [0.1, 0.15) is 50.6 Å². The van der Waals surface area contributed by atoms with Crippen molar-refractivity contribution in [1.82, 2.24) is 20.0 Å². The van der Waals surface area contributed by atoms with E-state index in [1.165, 1.54) is 5.56 Å². The van der Waals surface area contributed by atoms with Crippen LogP contribution in [0.2, 0.25) is 0 Å². The van der Waals surface area contributed by atoms with Crippen molar-refractivity contribution in [3.8, 4) is 11.3 Å². The minimum atomic E-state index is -0.339. The fourth-order valence-electron chi connectivity index (χ4n) is 4.29. The van der Waals surface area contributed by atoms with Gasteiger partial charge in [0.1, 0.15) is 17.8 Å². The van der Waals surface area contributed by atoms with Crippen molar-refractivity contribution in [3.63, 3.8) is 0 Å². The van der Waals surface area contributed by atoms with Crippen LogP contribution in [0.3, 0.4) is 0 Å². The third-order valence-electron chi connectivity index (χ3n) is 6.21. The zero-order valence-electron chi connectivity index (χ0n) is 19.9. The zero-order chi connectivity index (χ0) is 24.6. The molecule has 0 aliphatic carbocycles. The molecule has 2 aromatic heterocycles. The molecule has 2 heterocycles. The molecule has 0 fully saturated rings. The standard InChI is InChI=1S/C27H32N6O2/c1-19(20-9-5-4-6-10-20)31-26-23-17-24(21-12-14-22(28)15-13-21)33(27(23)30-18-29-26)16-8-3-2-7-11-25(34)32-35/h4-6,9-10,12-15,17-19,35H,2-3,7-8,11,16,28H2,1H3,(H,32,34)(H,29,30,31)/t19-/m1/s1. The van der Waals surface area contributed by atoms with Gasteiger partial charge >= 0.3 is 0 Å². The summed E-state index contributed by atoms with van der Waals surface area (Å²) in [6.07, 6.45) is 5.53. The molecule has 2 aromatic carbocycles. The quantitative estimate of drug-likeness (QED) is 0.102. The third kappa shape index (κ3) is 5.96. The van der Waals surface area contributed by atoms with Gasteiger partial charge in [-0.05, 0) is 49.1 Å². The summed E-state index contributed by atoms with van der Waals surface area (Å²) in [5.41, 5.74) is 12.5. The van der Waals surface area contributed by atoms with E-state index in [0.717, 1.165) is 66.0 Å². The van der Waals surface area contributed by atoms with Gasteiger partial charge in [0.15, 0.2) is 0 Å².